The summed E-state index contributed by atoms with van der Waals surface area (Å²) >= 11 is 0. The monoisotopic (exact) mass is 360 g/mol. The van der Waals surface area contributed by atoms with Gasteiger partial charge in [0.05, 0.1) is 5.69 Å². The topological polar surface area (TPSA) is 66.8 Å². The van der Waals surface area contributed by atoms with Crippen LogP contribution in [0.15, 0.2) is 55.1 Å². The van der Waals surface area contributed by atoms with Gasteiger partial charge in [-0.1, -0.05) is 12.1 Å². The molecule has 3 aromatic heterocycles. The average Bonchev–Trinajstić information content (AvgIpc) is 2.71. The second-order valence-corrected chi connectivity index (χ2v) is 7.03. The van der Waals surface area contributed by atoms with Crippen LogP contribution in [0, 0.1) is 6.92 Å². The van der Waals surface area contributed by atoms with Gasteiger partial charge in [-0.2, -0.15) is 0 Å². The molecule has 0 saturated carbocycles. The molecular formula is C21H24N6. The Morgan fingerprint density at radius 3 is 2.89 bits per heavy atom. The van der Waals surface area contributed by atoms with Crippen molar-refractivity contribution in [2.75, 3.05) is 18.4 Å². The van der Waals surface area contributed by atoms with Gasteiger partial charge in [0.1, 0.15) is 5.82 Å². The van der Waals surface area contributed by atoms with Gasteiger partial charge in [0, 0.05) is 43.8 Å². The molecular weight excluding hydrogens is 336 g/mol. The Morgan fingerprint density at radius 1 is 1.11 bits per heavy atom. The minimum atomic E-state index is 0.420. The smallest absolute Gasteiger partial charge is 0.228 e. The van der Waals surface area contributed by atoms with Crippen LogP contribution in [-0.2, 0) is 6.54 Å². The van der Waals surface area contributed by atoms with E-state index in [1.807, 2.05) is 49.8 Å². The SMILES string of the molecule is Cc1cccnc1Nc1nccc([C@H]2CCCN(Cc3cccnc3)C2)n1. The lowest BCUT2D eigenvalue weighted by Crippen LogP contribution is -2.34. The average molecular weight is 360 g/mol. The number of likely N-dealkylation sites (tertiary alicyclic amines) is 1. The first-order valence-electron chi connectivity index (χ1n) is 9.41. The lowest BCUT2D eigenvalue weighted by Gasteiger charge is -2.32. The molecule has 6 heteroatoms. The molecule has 1 aliphatic heterocycles. The van der Waals surface area contributed by atoms with Crippen LogP contribution in [-0.4, -0.2) is 37.9 Å². The molecule has 0 amide bonds. The molecule has 138 valence electrons. The number of aryl methyl sites for hydroxylation is 1. The molecule has 6 nitrogen and oxygen atoms in total. The number of anilines is 2. The Morgan fingerprint density at radius 2 is 2.04 bits per heavy atom. The summed E-state index contributed by atoms with van der Waals surface area (Å²) in [6, 6.07) is 10.1. The first kappa shape index (κ1) is 17.5. The zero-order valence-electron chi connectivity index (χ0n) is 15.5. The van der Waals surface area contributed by atoms with Gasteiger partial charge in [-0.3, -0.25) is 9.88 Å². The zero-order valence-corrected chi connectivity index (χ0v) is 15.5. The second-order valence-electron chi connectivity index (χ2n) is 7.03. The number of pyridine rings is 2. The molecule has 4 rings (SSSR count). The van der Waals surface area contributed by atoms with Crippen LogP contribution >= 0.6 is 0 Å². The van der Waals surface area contributed by atoms with Crippen molar-refractivity contribution in [1.29, 1.82) is 0 Å². The highest BCUT2D eigenvalue weighted by atomic mass is 15.2. The molecule has 1 fully saturated rings. The minimum Gasteiger partial charge on any atom is -0.309 e. The predicted octanol–water partition coefficient (Wildman–Crippen LogP) is 3.70. The van der Waals surface area contributed by atoms with Crippen molar-refractivity contribution in [1.82, 2.24) is 24.8 Å². The minimum absolute atomic E-state index is 0.420. The number of aromatic nitrogens is 4. The Labute approximate surface area is 159 Å². The summed E-state index contributed by atoms with van der Waals surface area (Å²) in [4.78, 5) is 20.2. The fraction of sp³-hybridized carbons (Fsp3) is 0.333. The molecule has 0 bridgehead atoms. The van der Waals surface area contributed by atoms with Crippen molar-refractivity contribution >= 4 is 11.8 Å². The molecule has 1 atom stereocenters. The second kappa shape index (κ2) is 8.22. The molecule has 1 saturated heterocycles. The quantitative estimate of drug-likeness (QED) is 0.748. The summed E-state index contributed by atoms with van der Waals surface area (Å²) in [5.41, 5.74) is 3.43. The predicted molar refractivity (Wildman–Crippen MR) is 106 cm³/mol. The summed E-state index contributed by atoms with van der Waals surface area (Å²) in [6.07, 6.45) is 9.71. The van der Waals surface area contributed by atoms with Crippen LogP contribution in [0.3, 0.4) is 0 Å². The third-order valence-electron chi connectivity index (χ3n) is 4.97. The number of nitrogens with zero attached hydrogens (tertiary/aromatic N) is 5. The molecule has 3 aromatic rings. The molecule has 1 aliphatic rings. The highest BCUT2D eigenvalue weighted by molar-refractivity contribution is 5.52. The first-order valence-corrected chi connectivity index (χ1v) is 9.41. The van der Waals surface area contributed by atoms with Gasteiger partial charge in [0.2, 0.25) is 5.95 Å². The summed E-state index contributed by atoms with van der Waals surface area (Å²) in [5, 5.41) is 3.25. The fourth-order valence-electron chi connectivity index (χ4n) is 3.57. The molecule has 27 heavy (non-hydrogen) atoms. The van der Waals surface area contributed by atoms with E-state index in [-0.39, 0.29) is 0 Å². The van der Waals surface area contributed by atoms with E-state index in [0.717, 1.165) is 43.1 Å². The van der Waals surface area contributed by atoms with Gasteiger partial charge in [-0.05, 0) is 55.6 Å². The Kier molecular flexibility index (Phi) is 5.34. The van der Waals surface area contributed by atoms with Gasteiger partial charge >= 0.3 is 0 Å². The van der Waals surface area contributed by atoms with Crippen molar-refractivity contribution in [3.63, 3.8) is 0 Å². The summed E-state index contributed by atoms with van der Waals surface area (Å²) in [5.74, 6) is 1.83. The Hall–Kier alpha value is -2.86. The summed E-state index contributed by atoms with van der Waals surface area (Å²) in [6.45, 7) is 5.09. The number of hydrogen-bond donors (Lipinski definition) is 1. The standard InChI is InChI=1S/C21H24N6/c1-16-5-2-10-23-20(16)26-21-24-11-8-19(25-21)18-7-4-12-27(15-18)14-17-6-3-9-22-13-17/h2-3,5-6,8-11,13,18H,4,7,12,14-15H2,1H3,(H,23,24,25,26)/t18-/m0/s1. The third kappa shape index (κ3) is 4.46. The van der Waals surface area contributed by atoms with Crippen LogP contribution in [0.5, 0.6) is 0 Å². The van der Waals surface area contributed by atoms with Crippen LogP contribution in [0.1, 0.15) is 35.6 Å². The Bertz CT molecular complexity index is 883. The van der Waals surface area contributed by atoms with E-state index < -0.39 is 0 Å². The van der Waals surface area contributed by atoms with Crippen molar-refractivity contribution in [2.24, 2.45) is 0 Å². The Balaban J connectivity index is 1.45. The molecule has 1 N–H and O–H groups in total. The van der Waals surface area contributed by atoms with E-state index in [1.54, 1.807) is 6.20 Å². The van der Waals surface area contributed by atoms with Gasteiger partial charge in [-0.15, -0.1) is 0 Å². The molecule has 0 aromatic carbocycles. The molecule has 0 aliphatic carbocycles. The lowest BCUT2D eigenvalue weighted by atomic mass is 9.94. The highest BCUT2D eigenvalue weighted by Crippen LogP contribution is 2.27. The van der Waals surface area contributed by atoms with E-state index in [1.165, 1.54) is 12.0 Å². The zero-order chi connectivity index (χ0) is 18.5. The van der Waals surface area contributed by atoms with E-state index in [9.17, 15) is 0 Å². The highest BCUT2D eigenvalue weighted by Gasteiger charge is 2.23. The molecule has 4 heterocycles. The van der Waals surface area contributed by atoms with Crippen molar-refractivity contribution in [2.45, 2.75) is 32.2 Å². The number of piperidine rings is 1. The number of nitrogens with one attached hydrogen (secondary N) is 1. The van der Waals surface area contributed by atoms with Gasteiger partial charge in [-0.25, -0.2) is 15.0 Å². The maximum atomic E-state index is 4.77. The van der Waals surface area contributed by atoms with Crippen LogP contribution in [0.4, 0.5) is 11.8 Å². The molecule has 0 radical (unpaired) electrons. The first-order chi connectivity index (χ1) is 13.3. The van der Waals surface area contributed by atoms with Crippen LogP contribution < -0.4 is 5.32 Å². The third-order valence-corrected chi connectivity index (χ3v) is 4.97. The van der Waals surface area contributed by atoms with Gasteiger partial charge < -0.3 is 5.32 Å². The molecule has 0 spiro atoms. The number of hydrogen-bond acceptors (Lipinski definition) is 6. The van der Waals surface area contributed by atoms with E-state index in [2.05, 4.69) is 31.2 Å². The van der Waals surface area contributed by atoms with Gasteiger partial charge in [0.25, 0.3) is 0 Å². The van der Waals surface area contributed by atoms with Crippen molar-refractivity contribution in [3.05, 3.63) is 71.9 Å². The van der Waals surface area contributed by atoms with E-state index >= 15 is 0 Å². The normalized spacial score (nSPS) is 17.6. The maximum Gasteiger partial charge on any atom is 0.228 e. The lowest BCUT2D eigenvalue weighted by molar-refractivity contribution is 0.198. The van der Waals surface area contributed by atoms with Crippen LogP contribution in [0.25, 0.3) is 0 Å². The van der Waals surface area contributed by atoms with E-state index in [0.29, 0.717) is 11.9 Å². The summed E-state index contributed by atoms with van der Waals surface area (Å²) < 4.78 is 0. The van der Waals surface area contributed by atoms with Crippen LogP contribution in [0.2, 0.25) is 0 Å². The maximum absolute atomic E-state index is 4.77. The van der Waals surface area contributed by atoms with E-state index in [4.69, 9.17) is 4.98 Å². The van der Waals surface area contributed by atoms with Crippen molar-refractivity contribution in [3.8, 4) is 0 Å². The summed E-state index contributed by atoms with van der Waals surface area (Å²) in [7, 11) is 0. The number of rotatable bonds is 5. The fourth-order valence-corrected chi connectivity index (χ4v) is 3.57. The van der Waals surface area contributed by atoms with Gasteiger partial charge in [0.15, 0.2) is 0 Å². The van der Waals surface area contributed by atoms with Crippen molar-refractivity contribution < 1.29 is 0 Å². The largest absolute Gasteiger partial charge is 0.309 e. The molecule has 0 unspecified atom stereocenters.